The molecule has 4 nitrogen and oxygen atoms in total. The lowest BCUT2D eigenvalue weighted by atomic mass is 10.1. The number of esters is 1. The molecule has 26 heavy (non-hydrogen) atoms. The van der Waals surface area contributed by atoms with Gasteiger partial charge in [0.05, 0.1) is 5.56 Å². The van der Waals surface area contributed by atoms with Crippen LogP contribution in [0, 0.1) is 0 Å². The lowest BCUT2D eigenvalue weighted by molar-refractivity contribution is 0.0172. The zero-order valence-corrected chi connectivity index (χ0v) is 15.5. The molecule has 0 saturated heterocycles. The normalized spacial score (nSPS) is 11.8. The van der Waals surface area contributed by atoms with Gasteiger partial charge in [0, 0.05) is 12.6 Å². The highest BCUT2D eigenvalue weighted by Crippen LogP contribution is 2.19. The van der Waals surface area contributed by atoms with Crippen LogP contribution in [-0.4, -0.2) is 31.3 Å². The first-order valence-corrected chi connectivity index (χ1v) is 8.91. The van der Waals surface area contributed by atoms with Crippen LogP contribution in [0.2, 0.25) is 0 Å². The van der Waals surface area contributed by atoms with Crippen molar-refractivity contribution in [1.29, 1.82) is 0 Å². The van der Waals surface area contributed by atoms with Gasteiger partial charge in [-0.1, -0.05) is 56.3 Å². The first kappa shape index (κ1) is 19.7. The van der Waals surface area contributed by atoms with Crippen molar-refractivity contribution in [3.05, 3.63) is 78.4 Å². The van der Waals surface area contributed by atoms with Crippen molar-refractivity contribution < 1.29 is 14.3 Å². The predicted molar refractivity (Wildman–Crippen MR) is 105 cm³/mol. The van der Waals surface area contributed by atoms with Gasteiger partial charge in [-0.05, 0) is 30.2 Å². The van der Waals surface area contributed by atoms with E-state index in [2.05, 4.69) is 25.7 Å². The summed E-state index contributed by atoms with van der Waals surface area (Å²) in [4.78, 5) is 12.4. The minimum absolute atomic E-state index is 0.284. The molecule has 4 heteroatoms. The summed E-state index contributed by atoms with van der Waals surface area (Å²) in [5.74, 6) is 0.446. The molecular weight excluding hydrogens is 326 g/mol. The number of allylic oxidation sites excluding steroid dienone is 1. The molecule has 138 valence electrons. The summed E-state index contributed by atoms with van der Waals surface area (Å²) < 4.78 is 11.6. The highest BCUT2D eigenvalue weighted by molar-refractivity contribution is 5.89. The van der Waals surface area contributed by atoms with Crippen LogP contribution < -0.4 is 10.1 Å². The third kappa shape index (κ3) is 6.37. The third-order valence-electron chi connectivity index (χ3n) is 3.80. The summed E-state index contributed by atoms with van der Waals surface area (Å²) >= 11 is 0. The molecule has 2 aromatic carbocycles. The van der Waals surface area contributed by atoms with Crippen LogP contribution in [0.3, 0.4) is 0 Å². The van der Waals surface area contributed by atoms with E-state index in [0.29, 0.717) is 18.2 Å². The molecule has 0 spiro atoms. The predicted octanol–water partition coefficient (Wildman–Crippen LogP) is 4.02. The van der Waals surface area contributed by atoms with Crippen LogP contribution in [0.25, 0.3) is 0 Å². The van der Waals surface area contributed by atoms with Gasteiger partial charge in [0.15, 0.2) is 0 Å². The second kappa shape index (κ2) is 10.4. The van der Waals surface area contributed by atoms with Gasteiger partial charge in [-0.2, -0.15) is 0 Å². The molecule has 0 aliphatic rings. The van der Waals surface area contributed by atoms with Gasteiger partial charge in [-0.15, -0.1) is 6.58 Å². The van der Waals surface area contributed by atoms with Crippen LogP contribution in [0.5, 0.6) is 5.75 Å². The molecule has 0 aliphatic heterocycles. The number of nitrogens with one attached hydrogen (secondary N) is 1. The molecule has 0 bridgehead atoms. The number of rotatable bonds is 10. The van der Waals surface area contributed by atoms with Crippen molar-refractivity contribution in [2.75, 3.05) is 13.2 Å². The quantitative estimate of drug-likeness (QED) is 0.518. The van der Waals surface area contributed by atoms with Crippen LogP contribution in [0.1, 0.15) is 29.8 Å². The standard InChI is InChI=1S/C22H27NO3/c1-4-10-18-11-8-9-14-21(18)25-16-20(15-23-17(2)3)26-22(24)19-12-6-5-7-13-19/h4-9,11-14,17,20,23H,1,10,15-16H2,2-3H3. The molecule has 0 heterocycles. The summed E-state index contributed by atoms with van der Waals surface area (Å²) in [7, 11) is 0. The summed E-state index contributed by atoms with van der Waals surface area (Å²) in [5, 5.41) is 3.31. The maximum Gasteiger partial charge on any atom is 0.338 e. The molecule has 2 rings (SSSR count). The average molecular weight is 353 g/mol. The zero-order valence-electron chi connectivity index (χ0n) is 15.5. The Labute approximate surface area is 155 Å². The molecule has 0 fully saturated rings. The monoisotopic (exact) mass is 353 g/mol. The van der Waals surface area contributed by atoms with Crippen LogP contribution in [-0.2, 0) is 11.2 Å². The number of hydrogen-bond acceptors (Lipinski definition) is 4. The highest BCUT2D eigenvalue weighted by atomic mass is 16.6. The van der Waals surface area contributed by atoms with E-state index in [4.69, 9.17) is 9.47 Å². The van der Waals surface area contributed by atoms with Gasteiger partial charge in [-0.25, -0.2) is 4.79 Å². The SMILES string of the molecule is C=CCc1ccccc1OCC(CNC(C)C)OC(=O)c1ccccc1. The molecule has 0 radical (unpaired) electrons. The van der Waals surface area contributed by atoms with Crippen molar-refractivity contribution in [2.45, 2.75) is 32.4 Å². The topological polar surface area (TPSA) is 47.6 Å². The van der Waals surface area contributed by atoms with E-state index in [1.165, 1.54) is 0 Å². The first-order chi connectivity index (χ1) is 12.6. The second-order valence-corrected chi connectivity index (χ2v) is 6.37. The smallest absolute Gasteiger partial charge is 0.338 e. The number of carbonyl (C=O) groups excluding carboxylic acids is 1. The fourth-order valence-corrected chi connectivity index (χ4v) is 2.45. The largest absolute Gasteiger partial charge is 0.489 e. The number of benzene rings is 2. The molecule has 2 aromatic rings. The van der Waals surface area contributed by atoms with Crippen molar-refractivity contribution in [3.8, 4) is 5.75 Å². The van der Waals surface area contributed by atoms with E-state index < -0.39 is 0 Å². The molecule has 0 aliphatic carbocycles. The lowest BCUT2D eigenvalue weighted by Gasteiger charge is -2.21. The van der Waals surface area contributed by atoms with Crippen LogP contribution in [0.15, 0.2) is 67.3 Å². The van der Waals surface area contributed by atoms with E-state index >= 15 is 0 Å². The van der Waals surface area contributed by atoms with Gasteiger partial charge in [0.1, 0.15) is 18.5 Å². The average Bonchev–Trinajstić information content (AvgIpc) is 2.65. The Morgan fingerprint density at radius 1 is 1.12 bits per heavy atom. The van der Waals surface area contributed by atoms with Crippen LogP contribution in [0.4, 0.5) is 0 Å². The molecule has 0 saturated carbocycles. The molecule has 0 amide bonds. The van der Waals surface area contributed by atoms with Crippen molar-refractivity contribution >= 4 is 5.97 Å². The Balaban J connectivity index is 2.02. The summed E-state index contributed by atoms with van der Waals surface area (Å²) in [6.07, 6.45) is 2.19. The van der Waals surface area contributed by atoms with Gasteiger partial charge < -0.3 is 14.8 Å². The fourth-order valence-electron chi connectivity index (χ4n) is 2.45. The second-order valence-electron chi connectivity index (χ2n) is 6.37. The molecule has 1 atom stereocenters. The maximum atomic E-state index is 12.4. The van der Waals surface area contributed by atoms with E-state index in [1.54, 1.807) is 12.1 Å². The number of para-hydroxylation sites is 1. The minimum Gasteiger partial charge on any atom is -0.489 e. The van der Waals surface area contributed by atoms with Gasteiger partial charge in [0.2, 0.25) is 0 Å². The van der Waals surface area contributed by atoms with Gasteiger partial charge in [0.25, 0.3) is 0 Å². The van der Waals surface area contributed by atoms with Crippen LogP contribution >= 0.6 is 0 Å². The Morgan fingerprint density at radius 3 is 2.50 bits per heavy atom. The highest BCUT2D eigenvalue weighted by Gasteiger charge is 2.17. The molecule has 1 N–H and O–H groups in total. The van der Waals surface area contributed by atoms with Crippen molar-refractivity contribution in [1.82, 2.24) is 5.32 Å². The Kier molecular flexibility index (Phi) is 7.90. The zero-order chi connectivity index (χ0) is 18.8. The number of ether oxygens (including phenoxy) is 2. The van der Waals surface area contributed by atoms with Gasteiger partial charge in [-0.3, -0.25) is 0 Å². The minimum atomic E-state index is -0.387. The van der Waals surface area contributed by atoms with Gasteiger partial charge >= 0.3 is 5.97 Å². The summed E-state index contributed by atoms with van der Waals surface area (Å²) in [5.41, 5.74) is 1.60. The molecule has 1 unspecified atom stereocenters. The molecule has 0 aromatic heterocycles. The Bertz CT molecular complexity index is 698. The number of hydrogen-bond donors (Lipinski definition) is 1. The fraction of sp³-hybridized carbons (Fsp3) is 0.318. The van der Waals surface area contributed by atoms with E-state index in [1.807, 2.05) is 48.5 Å². The summed E-state index contributed by atoms with van der Waals surface area (Å²) in [6, 6.07) is 17.1. The summed E-state index contributed by atoms with van der Waals surface area (Å²) in [6.45, 7) is 8.69. The maximum absolute atomic E-state index is 12.4. The lowest BCUT2D eigenvalue weighted by Crippen LogP contribution is -2.38. The van der Waals surface area contributed by atoms with E-state index in [9.17, 15) is 4.79 Å². The Hall–Kier alpha value is -2.59. The first-order valence-electron chi connectivity index (χ1n) is 8.91. The molecular formula is C22H27NO3. The number of carbonyl (C=O) groups is 1. The van der Waals surface area contributed by atoms with Crippen molar-refractivity contribution in [2.24, 2.45) is 0 Å². The van der Waals surface area contributed by atoms with E-state index in [-0.39, 0.29) is 18.7 Å². The van der Waals surface area contributed by atoms with Crippen molar-refractivity contribution in [3.63, 3.8) is 0 Å². The Morgan fingerprint density at radius 2 is 1.81 bits per heavy atom. The van der Waals surface area contributed by atoms with E-state index in [0.717, 1.165) is 17.7 Å². The third-order valence-corrected chi connectivity index (χ3v) is 3.80.